The van der Waals surface area contributed by atoms with Gasteiger partial charge in [0.25, 0.3) is 0 Å². The molecular weight excluding hydrogens is 180 g/mol. The van der Waals surface area contributed by atoms with Crippen LogP contribution in [-0.4, -0.2) is 6.29 Å². The van der Waals surface area contributed by atoms with Crippen LogP contribution in [0.25, 0.3) is 21.9 Å². The fourth-order valence-electron chi connectivity index (χ4n) is 1.65. The number of aldehydes is 1. The minimum absolute atomic E-state index is 0.540. The summed E-state index contributed by atoms with van der Waals surface area (Å²) in [5.41, 5.74) is 1.73. The van der Waals surface area contributed by atoms with Crippen LogP contribution in [0, 0.1) is 0 Å². The Labute approximate surface area is 78.8 Å². The molecule has 2 aromatic carbocycles. The van der Waals surface area contributed by atoms with E-state index in [0.717, 1.165) is 17.1 Å². The lowest BCUT2D eigenvalue weighted by atomic mass is 10.0. The molecule has 0 N–H and O–H groups in total. The number of fused-ring (bicyclic) bond motifs is 2. The van der Waals surface area contributed by atoms with Crippen LogP contribution in [0.15, 0.2) is 39.5 Å². The molecule has 0 saturated heterocycles. The zero-order valence-electron chi connectivity index (χ0n) is 7.19. The van der Waals surface area contributed by atoms with Crippen LogP contribution < -0.4 is 0 Å². The molecule has 0 amide bonds. The van der Waals surface area contributed by atoms with Crippen molar-refractivity contribution in [1.29, 1.82) is 0 Å². The molecule has 0 spiro atoms. The highest BCUT2D eigenvalue weighted by atomic mass is 17.0. The molecule has 0 aliphatic heterocycles. The van der Waals surface area contributed by atoms with E-state index in [-0.39, 0.29) is 0 Å². The monoisotopic (exact) mass is 186 g/mol. The summed E-state index contributed by atoms with van der Waals surface area (Å²) in [7, 11) is 0. The van der Waals surface area contributed by atoms with E-state index < -0.39 is 0 Å². The molecule has 0 bridgehead atoms. The third-order valence-electron chi connectivity index (χ3n) is 2.34. The molecular formula is C11H6O3. The molecule has 3 rings (SSSR count). The predicted octanol–water partition coefficient (Wildman–Crippen LogP) is 2.99. The van der Waals surface area contributed by atoms with Crippen molar-refractivity contribution in [3.63, 3.8) is 0 Å². The standard InChI is InChI=1S/C11H6O3/c12-6-9-8-4-2-1-3-7(8)5-10-11(9)14-13-10/h1-6H. The van der Waals surface area contributed by atoms with Gasteiger partial charge in [-0.05, 0) is 16.8 Å². The zero-order valence-corrected chi connectivity index (χ0v) is 7.19. The smallest absolute Gasteiger partial charge is 0.236 e. The van der Waals surface area contributed by atoms with E-state index in [1.54, 1.807) is 0 Å². The molecule has 68 valence electrons. The van der Waals surface area contributed by atoms with Crippen molar-refractivity contribution in [2.45, 2.75) is 0 Å². The van der Waals surface area contributed by atoms with Gasteiger partial charge >= 0.3 is 0 Å². The van der Waals surface area contributed by atoms with Gasteiger partial charge in [0.2, 0.25) is 11.2 Å². The Hall–Kier alpha value is -2.03. The number of carbonyl (C=O) groups is 1. The van der Waals surface area contributed by atoms with Crippen LogP contribution in [0.3, 0.4) is 0 Å². The molecule has 0 aliphatic carbocycles. The van der Waals surface area contributed by atoms with Crippen LogP contribution in [-0.2, 0) is 0 Å². The number of hydrogen-bond acceptors (Lipinski definition) is 3. The largest absolute Gasteiger partial charge is 0.298 e. The second kappa shape index (κ2) is 2.48. The van der Waals surface area contributed by atoms with Crippen LogP contribution in [0.2, 0.25) is 0 Å². The average molecular weight is 186 g/mol. The van der Waals surface area contributed by atoms with E-state index in [4.69, 9.17) is 9.15 Å². The molecule has 0 saturated carbocycles. The van der Waals surface area contributed by atoms with Gasteiger partial charge in [-0.3, -0.25) is 13.9 Å². The minimum atomic E-state index is 0.540. The second-order valence-corrected chi connectivity index (χ2v) is 3.12. The molecule has 14 heavy (non-hydrogen) atoms. The number of hydrogen-bond donors (Lipinski definition) is 0. The average Bonchev–Trinajstić information content (AvgIpc) is 2.20. The van der Waals surface area contributed by atoms with Gasteiger partial charge in [-0.15, -0.1) is 0 Å². The second-order valence-electron chi connectivity index (χ2n) is 3.12. The summed E-state index contributed by atoms with van der Waals surface area (Å²) in [5, 5.41) is 1.88. The highest BCUT2D eigenvalue weighted by Crippen LogP contribution is 2.29. The van der Waals surface area contributed by atoms with Crippen LogP contribution in [0.5, 0.6) is 0 Å². The van der Waals surface area contributed by atoms with E-state index in [1.807, 2.05) is 30.3 Å². The first-order valence-electron chi connectivity index (χ1n) is 4.25. The fraction of sp³-hybridized carbons (Fsp3) is 0. The molecule has 1 aromatic heterocycles. The van der Waals surface area contributed by atoms with Crippen LogP contribution >= 0.6 is 0 Å². The lowest BCUT2D eigenvalue weighted by Crippen LogP contribution is -1.88. The molecule has 0 atom stereocenters. The Kier molecular flexibility index (Phi) is 1.31. The van der Waals surface area contributed by atoms with E-state index in [9.17, 15) is 4.79 Å². The third-order valence-corrected chi connectivity index (χ3v) is 2.34. The van der Waals surface area contributed by atoms with Crippen molar-refractivity contribution >= 4 is 28.2 Å². The Morgan fingerprint density at radius 2 is 2.00 bits per heavy atom. The van der Waals surface area contributed by atoms with Gasteiger partial charge in [0, 0.05) is 0 Å². The highest BCUT2D eigenvalue weighted by molar-refractivity contribution is 6.09. The van der Waals surface area contributed by atoms with Crippen LogP contribution in [0.4, 0.5) is 0 Å². The maximum absolute atomic E-state index is 10.9. The topological polar surface area (TPSA) is 43.4 Å². The van der Waals surface area contributed by atoms with Gasteiger partial charge < -0.3 is 0 Å². The predicted molar refractivity (Wildman–Crippen MR) is 51.4 cm³/mol. The first-order valence-corrected chi connectivity index (χ1v) is 4.25. The minimum Gasteiger partial charge on any atom is -0.298 e. The zero-order chi connectivity index (χ0) is 9.54. The highest BCUT2D eigenvalue weighted by Gasteiger charge is 2.14. The first kappa shape index (κ1) is 7.38. The lowest BCUT2D eigenvalue weighted by Gasteiger charge is -2.04. The van der Waals surface area contributed by atoms with Crippen LogP contribution in [0.1, 0.15) is 10.4 Å². The molecule has 0 aliphatic rings. The fourth-order valence-corrected chi connectivity index (χ4v) is 1.65. The van der Waals surface area contributed by atoms with Crippen molar-refractivity contribution < 1.29 is 13.9 Å². The van der Waals surface area contributed by atoms with E-state index in [1.165, 1.54) is 0 Å². The Bertz CT molecular complexity index is 616. The number of rotatable bonds is 1. The number of benzene rings is 2. The summed E-state index contributed by atoms with van der Waals surface area (Å²) in [4.78, 5) is 10.9. The van der Waals surface area contributed by atoms with Crippen molar-refractivity contribution in [3.8, 4) is 0 Å². The molecule has 3 aromatic rings. The van der Waals surface area contributed by atoms with Gasteiger partial charge in [-0.2, -0.15) is 0 Å². The van der Waals surface area contributed by atoms with Gasteiger partial charge in [-0.1, -0.05) is 24.3 Å². The van der Waals surface area contributed by atoms with Crippen molar-refractivity contribution in [1.82, 2.24) is 0 Å². The number of carbonyl (C=O) groups excluding carboxylic acids is 1. The van der Waals surface area contributed by atoms with E-state index in [2.05, 4.69) is 0 Å². The Morgan fingerprint density at radius 3 is 2.71 bits per heavy atom. The molecule has 3 nitrogen and oxygen atoms in total. The first-order chi connectivity index (χ1) is 6.90. The van der Waals surface area contributed by atoms with Crippen molar-refractivity contribution in [2.24, 2.45) is 0 Å². The normalized spacial score (nSPS) is 11.1. The Balaban J connectivity index is 2.59. The summed E-state index contributed by atoms with van der Waals surface area (Å²) < 4.78 is 9.54. The van der Waals surface area contributed by atoms with Gasteiger partial charge in [0.05, 0.1) is 5.56 Å². The van der Waals surface area contributed by atoms with Gasteiger partial charge in [0.15, 0.2) is 6.29 Å². The maximum atomic E-state index is 10.9. The maximum Gasteiger partial charge on any atom is 0.236 e. The van der Waals surface area contributed by atoms with Gasteiger partial charge in [-0.25, -0.2) is 0 Å². The third kappa shape index (κ3) is 0.785. The molecule has 0 fully saturated rings. The Morgan fingerprint density at radius 1 is 1.14 bits per heavy atom. The molecule has 3 heteroatoms. The summed E-state index contributed by atoms with van der Waals surface area (Å²) in [6.07, 6.45) is 0.795. The van der Waals surface area contributed by atoms with E-state index in [0.29, 0.717) is 16.7 Å². The molecule has 1 heterocycles. The summed E-state index contributed by atoms with van der Waals surface area (Å²) >= 11 is 0. The summed E-state index contributed by atoms with van der Waals surface area (Å²) in [6, 6.07) is 9.50. The van der Waals surface area contributed by atoms with Crippen molar-refractivity contribution in [2.75, 3.05) is 0 Å². The molecule has 0 radical (unpaired) electrons. The SMILES string of the molecule is O=Cc1c2ccccc2cc2ooc12. The summed E-state index contributed by atoms with van der Waals surface area (Å²) in [6.45, 7) is 0. The summed E-state index contributed by atoms with van der Waals surface area (Å²) in [5.74, 6) is 0. The quantitative estimate of drug-likeness (QED) is 0.433. The van der Waals surface area contributed by atoms with Crippen molar-refractivity contribution in [3.05, 3.63) is 35.9 Å². The van der Waals surface area contributed by atoms with E-state index >= 15 is 0 Å². The van der Waals surface area contributed by atoms with Gasteiger partial charge in [0.1, 0.15) is 0 Å². The lowest BCUT2D eigenvalue weighted by molar-refractivity contribution is 0.0583. The molecule has 0 unspecified atom stereocenters.